The van der Waals surface area contributed by atoms with Crippen molar-refractivity contribution in [3.63, 3.8) is 0 Å². The monoisotopic (exact) mass is 498 g/mol. The molecule has 1 heterocycles. The zero-order chi connectivity index (χ0) is 25.7. The standard InChI is InChI=1S/C27H54O4Si2/c1-21(20-28)18-24(31-33(11,12)27(6,7)8)15-16-25-22(2)19-23(30-25)14-13-17-29-32(9,10)26(3,4)5/h20-21,23-25H,2,13-19H2,1,3-12H3/t21?,23-,24?,25-/m0/s1. The van der Waals surface area contributed by atoms with E-state index >= 15 is 0 Å². The fourth-order valence-electron chi connectivity index (χ4n) is 3.72. The molecule has 0 radical (unpaired) electrons. The third kappa shape index (κ3) is 9.71. The number of aldehydes is 1. The smallest absolute Gasteiger partial charge is 0.192 e. The van der Waals surface area contributed by atoms with Crippen molar-refractivity contribution in [2.45, 2.75) is 142 Å². The molecule has 0 amide bonds. The minimum Gasteiger partial charge on any atom is -0.417 e. The van der Waals surface area contributed by atoms with Crippen molar-refractivity contribution in [2.75, 3.05) is 6.61 Å². The number of rotatable bonds is 13. The first-order valence-electron chi connectivity index (χ1n) is 13.0. The Bertz CT molecular complexity index is 631. The van der Waals surface area contributed by atoms with E-state index < -0.39 is 16.6 Å². The molecule has 4 atom stereocenters. The lowest BCUT2D eigenvalue weighted by molar-refractivity contribution is -0.111. The Hall–Kier alpha value is -0.276. The van der Waals surface area contributed by atoms with Crippen LogP contribution in [0.3, 0.4) is 0 Å². The van der Waals surface area contributed by atoms with Gasteiger partial charge in [-0.15, -0.1) is 0 Å². The molecule has 6 heteroatoms. The minimum absolute atomic E-state index is 0.0149. The van der Waals surface area contributed by atoms with E-state index in [-0.39, 0.29) is 34.3 Å². The van der Waals surface area contributed by atoms with E-state index in [0.29, 0.717) is 0 Å². The fraction of sp³-hybridized carbons (Fsp3) is 0.889. The molecule has 0 bridgehead atoms. The lowest BCUT2D eigenvalue weighted by atomic mass is 9.98. The summed E-state index contributed by atoms with van der Waals surface area (Å²) >= 11 is 0. The van der Waals surface area contributed by atoms with Gasteiger partial charge in [0.05, 0.1) is 12.2 Å². The van der Waals surface area contributed by atoms with Crippen molar-refractivity contribution in [3.05, 3.63) is 12.2 Å². The minimum atomic E-state index is -1.90. The lowest BCUT2D eigenvalue weighted by Crippen LogP contribution is -2.44. The molecule has 0 saturated carbocycles. The summed E-state index contributed by atoms with van der Waals surface area (Å²) in [5.74, 6) is 0.0149. The Labute approximate surface area is 207 Å². The van der Waals surface area contributed by atoms with Gasteiger partial charge in [0.2, 0.25) is 0 Å². The fourth-order valence-corrected chi connectivity index (χ4v) is 6.21. The molecule has 4 nitrogen and oxygen atoms in total. The molecule has 2 unspecified atom stereocenters. The Balaban J connectivity index is 2.57. The van der Waals surface area contributed by atoms with Crippen LogP contribution in [-0.2, 0) is 18.4 Å². The summed E-state index contributed by atoms with van der Waals surface area (Å²) < 4.78 is 19.4. The topological polar surface area (TPSA) is 44.8 Å². The third-order valence-electron chi connectivity index (χ3n) is 8.13. The molecule has 0 N–H and O–H groups in total. The van der Waals surface area contributed by atoms with E-state index in [4.69, 9.17) is 13.6 Å². The second-order valence-corrected chi connectivity index (χ2v) is 22.9. The third-order valence-corrected chi connectivity index (χ3v) is 17.2. The van der Waals surface area contributed by atoms with E-state index in [2.05, 4.69) is 74.3 Å². The summed E-state index contributed by atoms with van der Waals surface area (Å²) in [6.07, 6.45) is 7.12. The number of ether oxygens (including phenoxy) is 1. The van der Waals surface area contributed by atoms with E-state index in [1.54, 1.807) is 0 Å². The van der Waals surface area contributed by atoms with Gasteiger partial charge in [-0.2, -0.15) is 0 Å². The van der Waals surface area contributed by atoms with Gasteiger partial charge in [-0.3, -0.25) is 0 Å². The summed E-state index contributed by atoms with van der Waals surface area (Å²) in [7, 11) is -3.57. The SMILES string of the molecule is C=C1C[C@H](CCCO[Si](C)(C)C(C)(C)C)O[C@H]1CCC(CC(C)C=O)O[Si](C)(C)C(C)(C)C. The first-order valence-corrected chi connectivity index (χ1v) is 18.8. The van der Waals surface area contributed by atoms with Gasteiger partial charge in [-0.05, 0) is 80.4 Å². The Morgan fingerprint density at radius 1 is 1.06 bits per heavy atom. The van der Waals surface area contributed by atoms with Crippen LogP contribution in [-0.4, -0.2) is 47.8 Å². The Morgan fingerprint density at radius 2 is 1.64 bits per heavy atom. The van der Waals surface area contributed by atoms with Crippen molar-refractivity contribution in [1.82, 2.24) is 0 Å². The molecular formula is C27H54O4Si2. The highest BCUT2D eigenvalue weighted by atomic mass is 28.4. The van der Waals surface area contributed by atoms with Crippen LogP contribution < -0.4 is 0 Å². The predicted molar refractivity (Wildman–Crippen MR) is 146 cm³/mol. The molecule has 1 aliphatic heterocycles. The molecule has 0 aromatic carbocycles. The van der Waals surface area contributed by atoms with Crippen LogP contribution in [0.5, 0.6) is 0 Å². The van der Waals surface area contributed by atoms with Crippen LogP contribution in [0.25, 0.3) is 0 Å². The summed E-state index contributed by atoms with van der Waals surface area (Å²) in [5, 5.41) is 0.404. The Morgan fingerprint density at radius 3 is 2.15 bits per heavy atom. The molecular weight excluding hydrogens is 444 g/mol. The van der Waals surface area contributed by atoms with Crippen LogP contribution in [0.2, 0.25) is 36.3 Å². The van der Waals surface area contributed by atoms with Crippen LogP contribution in [0, 0.1) is 5.92 Å². The van der Waals surface area contributed by atoms with Gasteiger partial charge in [0.15, 0.2) is 16.6 Å². The Kier molecular flexibility index (Phi) is 11.3. The maximum Gasteiger partial charge on any atom is 0.192 e. The van der Waals surface area contributed by atoms with Crippen LogP contribution >= 0.6 is 0 Å². The number of hydrogen-bond donors (Lipinski definition) is 0. The first kappa shape index (κ1) is 30.8. The van der Waals surface area contributed by atoms with Crippen molar-refractivity contribution in [3.8, 4) is 0 Å². The van der Waals surface area contributed by atoms with Crippen molar-refractivity contribution < 1.29 is 18.4 Å². The van der Waals surface area contributed by atoms with Gasteiger partial charge in [0.25, 0.3) is 0 Å². The molecule has 0 spiro atoms. The second kappa shape index (κ2) is 12.1. The zero-order valence-electron chi connectivity index (χ0n) is 23.7. The molecule has 194 valence electrons. The zero-order valence-corrected chi connectivity index (χ0v) is 25.7. The highest BCUT2D eigenvalue weighted by Crippen LogP contribution is 2.39. The molecule has 1 saturated heterocycles. The van der Waals surface area contributed by atoms with Gasteiger partial charge < -0.3 is 18.4 Å². The van der Waals surface area contributed by atoms with Crippen molar-refractivity contribution >= 4 is 22.9 Å². The van der Waals surface area contributed by atoms with Crippen LogP contribution in [0.15, 0.2) is 12.2 Å². The number of carbonyl (C=O) groups is 1. The van der Waals surface area contributed by atoms with Gasteiger partial charge >= 0.3 is 0 Å². The quantitative estimate of drug-likeness (QED) is 0.112. The van der Waals surface area contributed by atoms with Crippen LogP contribution in [0.4, 0.5) is 0 Å². The molecule has 0 aliphatic carbocycles. The molecule has 33 heavy (non-hydrogen) atoms. The molecule has 0 aromatic heterocycles. The lowest BCUT2D eigenvalue weighted by Gasteiger charge is -2.40. The highest BCUT2D eigenvalue weighted by molar-refractivity contribution is 6.74. The number of hydrogen-bond acceptors (Lipinski definition) is 4. The summed E-state index contributed by atoms with van der Waals surface area (Å²) in [6, 6.07) is 0. The summed E-state index contributed by atoms with van der Waals surface area (Å²) in [4.78, 5) is 11.3. The van der Waals surface area contributed by atoms with Crippen molar-refractivity contribution in [2.24, 2.45) is 5.92 Å². The normalized spacial score (nSPS) is 22.5. The largest absolute Gasteiger partial charge is 0.417 e. The predicted octanol–water partition coefficient (Wildman–Crippen LogP) is 7.90. The van der Waals surface area contributed by atoms with E-state index in [1.807, 2.05) is 6.92 Å². The van der Waals surface area contributed by atoms with Gasteiger partial charge in [0.1, 0.15) is 6.29 Å². The molecule has 0 aromatic rings. The molecule has 1 rings (SSSR count). The maximum absolute atomic E-state index is 11.3. The highest BCUT2D eigenvalue weighted by Gasteiger charge is 2.40. The second-order valence-electron chi connectivity index (χ2n) is 13.3. The van der Waals surface area contributed by atoms with E-state index in [0.717, 1.165) is 51.4 Å². The van der Waals surface area contributed by atoms with Gasteiger partial charge in [-0.25, -0.2) is 0 Å². The van der Waals surface area contributed by atoms with Crippen LogP contribution in [0.1, 0.15) is 87.0 Å². The average molecular weight is 499 g/mol. The maximum atomic E-state index is 11.3. The average Bonchev–Trinajstić information content (AvgIpc) is 3.00. The van der Waals surface area contributed by atoms with E-state index in [9.17, 15) is 4.79 Å². The van der Waals surface area contributed by atoms with E-state index in [1.165, 1.54) is 5.57 Å². The van der Waals surface area contributed by atoms with Gasteiger partial charge in [0, 0.05) is 18.6 Å². The first-order chi connectivity index (χ1) is 14.9. The molecule has 1 fully saturated rings. The summed E-state index contributed by atoms with van der Waals surface area (Å²) in [5.41, 5.74) is 1.21. The van der Waals surface area contributed by atoms with Gasteiger partial charge in [-0.1, -0.05) is 55.0 Å². The number of carbonyl (C=O) groups excluding carboxylic acids is 1. The summed E-state index contributed by atoms with van der Waals surface area (Å²) in [6.45, 7) is 30.0. The van der Waals surface area contributed by atoms with Crippen molar-refractivity contribution in [1.29, 1.82) is 0 Å². The molecule has 1 aliphatic rings.